The van der Waals surface area contributed by atoms with Crippen molar-refractivity contribution in [1.82, 2.24) is 0 Å². The average molecular weight is 421 g/mol. The number of rotatable bonds is 8. The third-order valence-electron chi connectivity index (χ3n) is 4.42. The summed E-state index contributed by atoms with van der Waals surface area (Å²) in [6.07, 6.45) is 0.962. The Kier molecular flexibility index (Phi) is 8.20. The number of carbonyl (C=O) groups is 2. The highest BCUT2D eigenvalue weighted by molar-refractivity contribution is 8.00. The van der Waals surface area contributed by atoms with Crippen molar-refractivity contribution < 1.29 is 18.4 Å². The first-order valence-corrected chi connectivity index (χ1v) is 10.5. The van der Waals surface area contributed by atoms with Gasteiger partial charge in [0.15, 0.2) is 0 Å². The monoisotopic (exact) mass is 420 g/mol. The van der Waals surface area contributed by atoms with Crippen molar-refractivity contribution in [2.45, 2.75) is 45.8 Å². The molecule has 0 aliphatic rings. The summed E-state index contributed by atoms with van der Waals surface area (Å²) >= 11 is 1.38. The zero-order valence-corrected chi connectivity index (χ0v) is 17.9. The van der Waals surface area contributed by atoms with Gasteiger partial charge in [-0.3, -0.25) is 9.59 Å². The molecular formula is C22H26F2N2O2S. The van der Waals surface area contributed by atoms with Crippen LogP contribution >= 0.6 is 11.8 Å². The van der Waals surface area contributed by atoms with Crippen LogP contribution in [0.5, 0.6) is 0 Å². The van der Waals surface area contributed by atoms with Gasteiger partial charge in [-0.05, 0) is 63.1 Å². The summed E-state index contributed by atoms with van der Waals surface area (Å²) in [5, 5.41) is 4.99. The van der Waals surface area contributed by atoms with E-state index in [4.69, 9.17) is 0 Å². The average Bonchev–Trinajstić information content (AvgIpc) is 2.63. The molecule has 0 saturated carbocycles. The van der Waals surface area contributed by atoms with Gasteiger partial charge in [0.05, 0.1) is 10.9 Å². The van der Waals surface area contributed by atoms with E-state index in [1.165, 1.54) is 17.8 Å². The second-order valence-electron chi connectivity index (χ2n) is 7.05. The van der Waals surface area contributed by atoms with Crippen molar-refractivity contribution in [1.29, 1.82) is 0 Å². The van der Waals surface area contributed by atoms with E-state index in [-0.39, 0.29) is 17.5 Å². The second kappa shape index (κ2) is 10.4. The Hall–Kier alpha value is -2.41. The Morgan fingerprint density at radius 2 is 1.69 bits per heavy atom. The van der Waals surface area contributed by atoms with Gasteiger partial charge in [-0.25, -0.2) is 8.78 Å². The molecule has 0 heterocycles. The molecule has 2 rings (SSSR count). The third kappa shape index (κ3) is 6.85. The Labute approximate surface area is 174 Å². The fourth-order valence-corrected chi connectivity index (χ4v) is 3.85. The van der Waals surface area contributed by atoms with E-state index < -0.39 is 16.9 Å². The Morgan fingerprint density at radius 3 is 2.31 bits per heavy atom. The van der Waals surface area contributed by atoms with E-state index >= 15 is 0 Å². The molecule has 2 amide bonds. The van der Waals surface area contributed by atoms with Crippen molar-refractivity contribution in [3.63, 3.8) is 0 Å². The van der Waals surface area contributed by atoms with E-state index in [9.17, 15) is 18.4 Å². The van der Waals surface area contributed by atoms with Crippen molar-refractivity contribution in [2.75, 3.05) is 16.4 Å². The molecule has 0 fully saturated rings. The number of anilines is 2. The Morgan fingerprint density at radius 1 is 1.03 bits per heavy atom. The number of benzene rings is 2. The number of halogens is 2. The lowest BCUT2D eigenvalue weighted by molar-refractivity contribution is -0.116. The maximum Gasteiger partial charge on any atom is 0.237 e. The van der Waals surface area contributed by atoms with Crippen LogP contribution < -0.4 is 10.6 Å². The normalized spacial score (nSPS) is 11.8. The van der Waals surface area contributed by atoms with Crippen LogP contribution in [0.25, 0.3) is 0 Å². The largest absolute Gasteiger partial charge is 0.326 e. The number of carbonyl (C=O) groups excluding carboxylic acids is 2. The molecule has 1 atom stereocenters. The van der Waals surface area contributed by atoms with E-state index in [0.717, 1.165) is 34.5 Å². The number of aryl methyl sites for hydroxylation is 3. The van der Waals surface area contributed by atoms with Gasteiger partial charge in [-0.2, -0.15) is 0 Å². The number of thioether (sulfide) groups is 1. The van der Waals surface area contributed by atoms with Gasteiger partial charge in [0.2, 0.25) is 11.8 Å². The quantitative estimate of drug-likeness (QED) is 0.565. The van der Waals surface area contributed by atoms with E-state index in [2.05, 4.69) is 10.6 Å². The molecule has 0 aliphatic carbocycles. The molecule has 2 aromatic carbocycles. The maximum atomic E-state index is 13.6. The van der Waals surface area contributed by atoms with E-state index in [0.29, 0.717) is 18.6 Å². The summed E-state index contributed by atoms with van der Waals surface area (Å²) in [6, 6.07) is 7.07. The second-order valence-corrected chi connectivity index (χ2v) is 8.50. The summed E-state index contributed by atoms with van der Waals surface area (Å²) in [4.78, 5) is 24.4. The van der Waals surface area contributed by atoms with Gasteiger partial charge >= 0.3 is 0 Å². The molecule has 0 bridgehead atoms. The lowest BCUT2D eigenvalue weighted by atomic mass is 10.0. The number of amides is 2. The highest BCUT2D eigenvalue weighted by Crippen LogP contribution is 2.23. The van der Waals surface area contributed by atoms with Crippen LogP contribution in [0.4, 0.5) is 20.2 Å². The topological polar surface area (TPSA) is 58.2 Å². The molecule has 0 radical (unpaired) electrons. The fourth-order valence-electron chi connectivity index (χ4n) is 2.97. The molecular weight excluding hydrogens is 394 g/mol. The van der Waals surface area contributed by atoms with Crippen molar-refractivity contribution in [3.05, 3.63) is 58.7 Å². The molecule has 4 nitrogen and oxygen atoms in total. The third-order valence-corrected chi connectivity index (χ3v) is 5.65. The van der Waals surface area contributed by atoms with E-state index in [1.54, 1.807) is 6.92 Å². The predicted octanol–water partition coefficient (Wildman–Crippen LogP) is 5.37. The number of hydrogen-bond donors (Lipinski definition) is 2. The summed E-state index contributed by atoms with van der Waals surface area (Å²) in [7, 11) is 0. The maximum absolute atomic E-state index is 13.6. The fraction of sp³-hybridized carbons (Fsp3) is 0.364. The van der Waals surface area contributed by atoms with Crippen LogP contribution in [0, 0.1) is 32.4 Å². The van der Waals surface area contributed by atoms with Gasteiger partial charge in [0.25, 0.3) is 0 Å². The predicted molar refractivity (Wildman–Crippen MR) is 115 cm³/mol. The minimum Gasteiger partial charge on any atom is -0.326 e. The minimum absolute atomic E-state index is 0.0490. The molecule has 0 aromatic heterocycles. The van der Waals surface area contributed by atoms with Gasteiger partial charge in [-0.15, -0.1) is 11.8 Å². The highest BCUT2D eigenvalue weighted by Gasteiger charge is 2.16. The van der Waals surface area contributed by atoms with Gasteiger partial charge in [-0.1, -0.05) is 17.7 Å². The van der Waals surface area contributed by atoms with Gasteiger partial charge in [0.1, 0.15) is 11.6 Å². The van der Waals surface area contributed by atoms with Crippen LogP contribution in [0.15, 0.2) is 30.3 Å². The number of nitrogens with one attached hydrogen (secondary N) is 2. The minimum atomic E-state index is -0.811. The summed E-state index contributed by atoms with van der Waals surface area (Å²) in [5.74, 6) is -1.33. The Bertz CT molecular complexity index is 879. The first-order valence-electron chi connectivity index (χ1n) is 9.42. The molecule has 1 unspecified atom stereocenters. The summed E-state index contributed by atoms with van der Waals surface area (Å²) in [6.45, 7) is 7.66. The smallest absolute Gasteiger partial charge is 0.237 e. The van der Waals surface area contributed by atoms with Gasteiger partial charge < -0.3 is 10.6 Å². The summed E-state index contributed by atoms with van der Waals surface area (Å²) in [5.41, 5.74) is 4.02. The number of hydrogen-bond acceptors (Lipinski definition) is 3. The molecule has 29 heavy (non-hydrogen) atoms. The van der Waals surface area contributed by atoms with Crippen LogP contribution in [0.1, 0.15) is 36.5 Å². The highest BCUT2D eigenvalue weighted by atomic mass is 32.2. The molecule has 2 aromatic rings. The van der Waals surface area contributed by atoms with Crippen LogP contribution in [-0.2, 0) is 9.59 Å². The summed E-state index contributed by atoms with van der Waals surface area (Å²) < 4.78 is 26.5. The van der Waals surface area contributed by atoms with Crippen LogP contribution in [0.2, 0.25) is 0 Å². The molecule has 7 heteroatoms. The van der Waals surface area contributed by atoms with Crippen molar-refractivity contribution >= 4 is 35.0 Å². The first-order chi connectivity index (χ1) is 13.7. The standard InChI is InChI=1S/C22H26F2N2O2S/c1-13-10-14(2)21(15(3)11-13)26-20(27)6-5-9-29-16(4)22(28)25-19-8-7-17(23)12-18(19)24/h7-8,10-12,16H,5-6,9H2,1-4H3,(H,25,28)(H,26,27). The zero-order valence-electron chi connectivity index (χ0n) is 17.1. The molecule has 156 valence electrons. The molecule has 0 spiro atoms. The van der Waals surface area contributed by atoms with E-state index in [1.807, 2.05) is 32.9 Å². The molecule has 2 N–H and O–H groups in total. The van der Waals surface area contributed by atoms with Crippen LogP contribution in [0.3, 0.4) is 0 Å². The Balaban J connectivity index is 1.75. The van der Waals surface area contributed by atoms with Crippen molar-refractivity contribution in [2.24, 2.45) is 0 Å². The zero-order chi connectivity index (χ0) is 21.6. The van der Waals surface area contributed by atoms with Crippen molar-refractivity contribution in [3.8, 4) is 0 Å². The lowest BCUT2D eigenvalue weighted by Gasteiger charge is -2.14. The van der Waals surface area contributed by atoms with Crippen LogP contribution in [-0.4, -0.2) is 22.8 Å². The van der Waals surface area contributed by atoms with Gasteiger partial charge in [0, 0.05) is 18.2 Å². The first kappa shape index (κ1) is 22.9. The molecule has 0 aliphatic heterocycles. The lowest BCUT2D eigenvalue weighted by Crippen LogP contribution is -2.23. The molecule has 0 saturated heterocycles. The SMILES string of the molecule is Cc1cc(C)c(NC(=O)CCCSC(C)C(=O)Nc2ccc(F)cc2F)c(C)c1.